The van der Waals surface area contributed by atoms with Crippen molar-refractivity contribution in [2.75, 3.05) is 25.1 Å². The molecular formula is C21H21F3N6O. The number of halogens is 3. The molecule has 162 valence electrons. The third-order valence-electron chi connectivity index (χ3n) is 4.85. The summed E-state index contributed by atoms with van der Waals surface area (Å²) in [6, 6.07) is 3.59. The molecule has 1 saturated heterocycles. The van der Waals surface area contributed by atoms with Gasteiger partial charge < -0.3 is 20.3 Å². The van der Waals surface area contributed by atoms with Crippen LogP contribution in [-0.4, -0.2) is 51.8 Å². The number of nitrogens with one attached hydrogen (secondary N) is 2. The number of anilines is 2. The average Bonchev–Trinajstić information content (AvgIpc) is 2.73. The Morgan fingerprint density at radius 3 is 2.77 bits per heavy atom. The van der Waals surface area contributed by atoms with Crippen molar-refractivity contribution < 1.29 is 17.9 Å². The molecule has 0 aliphatic carbocycles. The van der Waals surface area contributed by atoms with Crippen molar-refractivity contribution >= 4 is 17.2 Å². The van der Waals surface area contributed by atoms with Crippen LogP contribution < -0.4 is 10.6 Å². The van der Waals surface area contributed by atoms with E-state index in [2.05, 4.69) is 32.2 Å². The fraction of sp³-hybridized carbons (Fsp3) is 0.286. The van der Waals surface area contributed by atoms with Gasteiger partial charge in [-0.25, -0.2) is 15.0 Å². The minimum absolute atomic E-state index is 0.125. The molecule has 0 saturated carbocycles. The first kappa shape index (κ1) is 20.9. The zero-order valence-corrected chi connectivity index (χ0v) is 16.8. The number of dihydropyridines is 1. The zero-order valence-electron chi connectivity index (χ0n) is 16.8. The van der Waals surface area contributed by atoms with Crippen LogP contribution in [-0.2, 0) is 4.74 Å². The number of rotatable bonds is 4. The minimum atomic E-state index is -4.41. The number of ether oxygens (including phenoxy) is 1. The van der Waals surface area contributed by atoms with Gasteiger partial charge in [0.25, 0.3) is 0 Å². The Morgan fingerprint density at radius 1 is 1.19 bits per heavy atom. The average molecular weight is 430 g/mol. The lowest BCUT2D eigenvalue weighted by Gasteiger charge is -2.40. The molecule has 2 aromatic rings. The largest absolute Gasteiger partial charge is 0.411 e. The monoisotopic (exact) mass is 430 g/mol. The Kier molecular flexibility index (Phi) is 5.64. The fourth-order valence-corrected chi connectivity index (χ4v) is 3.43. The maximum absolute atomic E-state index is 13.5. The molecule has 7 nitrogen and oxygen atoms in total. The van der Waals surface area contributed by atoms with Crippen LogP contribution in [0.5, 0.6) is 0 Å². The first-order valence-corrected chi connectivity index (χ1v) is 9.63. The quantitative estimate of drug-likeness (QED) is 0.769. The standard InChI is InChI=1S/C21H21F3N6O/c1-13-9-16(11-20(27-13)30-7-8-31-12-17(30)21(22,23)24)15-3-5-26-19(10-15)29-18-4-6-25-14(2)28-18/h3-6,9-11,17,27H,1,7-8,12H2,2H3,(H,25,26,28,29). The van der Waals surface area contributed by atoms with Crippen LogP contribution in [0.4, 0.5) is 24.8 Å². The van der Waals surface area contributed by atoms with Crippen LogP contribution in [0.3, 0.4) is 0 Å². The summed E-state index contributed by atoms with van der Waals surface area (Å²) < 4.78 is 45.6. The summed E-state index contributed by atoms with van der Waals surface area (Å²) >= 11 is 0. The van der Waals surface area contributed by atoms with Crippen LogP contribution in [0.2, 0.25) is 0 Å². The van der Waals surface area contributed by atoms with Gasteiger partial charge in [-0.2, -0.15) is 13.2 Å². The van der Waals surface area contributed by atoms with E-state index in [1.54, 1.807) is 49.7 Å². The van der Waals surface area contributed by atoms with E-state index in [0.29, 0.717) is 29.0 Å². The molecule has 0 radical (unpaired) electrons. The van der Waals surface area contributed by atoms with Crippen LogP contribution in [0.15, 0.2) is 60.8 Å². The highest BCUT2D eigenvalue weighted by Gasteiger charge is 2.46. The van der Waals surface area contributed by atoms with Crippen LogP contribution in [0, 0.1) is 6.92 Å². The van der Waals surface area contributed by atoms with E-state index in [9.17, 15) is 13.2 Å². The van der Waals surface area contributed by atoms with E-state index >= 15 is 0 Å². The summed E-state index contributed by atoms with van der Waals surface area (Å²) in [6.45, 7) is 5.63. The molecule has 0 aromatic carbocycles. The van der Waals surface area contributed by atoms with Crippen molar-refractivity contribution in [1.82, 2.24) is 25.2 Å². The molecular weight excluding hydrogens is 409 g/mol. The van der Waals surface area contributed by atoms with Gasteiger partial charge >= 0.3 is 6.18 Å². The molecule has 0 bridgehead atoms. The highest BCUT2D eigenvalue weighted by atomic mass is 19.4. The van der Waals surface area contributed by atoms with Gasteiger partial charge in [-0.1, -0.05) is 6.58 Å². The number of hydrogen-bond acceptors (Lipinski definition) is 7. The Labute approximate surface area is 177 Å². The fourth-order valence-electron chi connectivity index (χ4n) is 3.43. The Morgan fingerprint density at radius 2 is 2.00 bits per heavy atom. The number of allylic oxidation sites excluding steroid dienone is 3. The number of pyridine rings is 1. The zero-order chi connectivity index (χ0) is 22.0. The molecule has 2 aliphatic heterocycles. The summed E-state index contributed by atoms with van der Waals surface area (Å²) in [4.78, 5) is 13.9. The second-order valence-electron chi connectivity index (χ2n) is 7.15. The van der Waals surface area contributed by atoms with Crippen LogP contribution in [0.1, 0.15) is 11.4 Å². The number of alkyl halides is 3. The first-order chi connectivity index (χ1) is 14.8. The molecule has 0 amide bonds. The van der Waals surface area contributed by atoms with Gasteiger partial charge in [0, 0.05) is 24.6 Å². The molecule has 31 heavy (non-hydrogen) atoms. The predicted molar refractivity (Wildman–Crippen MR) is 110 cm³/mol. The van der Waals surface area contributed by atoms with Gasteiger partial charge in [0.2, 0.25) is 0 Å². The third kappa shape index (κ3) is 4.85. The van der Waals surface area contributed by atoms with Gasteiger partial charge in [0.05, 0.1) is 13.2 Å². The molecule has 4 rings (SSSR count). The SMILES string of the molecule is C=C1C=C(c2ccnc(Nc3ccnc(C)n3)c2)C=C(N2CCOCC2C(F)(F)F)N1. The minimum Gasteiger partial charge on any atom is -0.377 e. The molecule has 4 heterocycles. The Hall–Kier alpha value is -3.40. The maximum atomic E-state index is 13.5. The highest BCUT2D eigenvalue weighted by Crippen LogP contribution is 2.32. The van der Waals surface area contributed by atoms with Crippen molar-refractivity contribution in [3.63, 3.8) is 0 Å². The first-order valence-electron chi connectivity index (χ1n) is 9.63. The van der Waals surface area contributed by atoms with E-state index in [0.717, 1.165) is 11.1 Å². The number of nitrogens with zero attached hydrogens (tertiary/aromatic N) is 4. The Balaban J connectivity index is 1.61. The normalized spacial score (nSPS) is 19.4. The van der Waals surface area contributed by atoms with Crippen molar-refractivity contribution in [1.29, 1.82) is 0 Å². The number of aromatic nitrogens is 3. The van der Waals surface area contributed by atoms with E-state index in [4.69, 9.17) is 4.74 Å². The summed E-state index contributed by atoms with van der Waals surface area (Å²) in [5, 5.41) is 6.07. The van der Waals surface area contributed by atoms with Crippen LogP contribution >= 0.6 is 0 Å². The van der Waals surface area contributed by atoms with Gasteiger partial charge in [0.15, 0.2) is 0 Å². The molecule has 2 N–H and O–H groups in total. The lowest BCUT2D eigenvalue weighted by atomic mass is 10.0. The van der Waals surface area contributed by atoms with Gasteiger partial charge in [-0.15, -0.1) is 0 Å². The number of hydrogen-bond donors (Lipinski definition) is 2. The van der Waals surface area contributed by atoms with Gasteiger partial charge in [-0.3, -0.25) is 0 Å². The topological polar surface area (TPSA) is 75.2 Å². The van der Waals surface area contributed by atoms with Crippen molar-refractivity contribution in [2.45, 2.75) is 19.1 Å². The lowest BCUT2D eigenvalue weighted by molar-refractivity contribution is -0.206. The summed E-state index contributed by atoms with van der Waals surface area (Å²) in [5.74, 6) is 2.11. The third-order valence-corrected chi connectivity index (χ3v) is 4.85. The lowest BCUT2D eigenvalue weighted by Crippen LogP contribution is -2.54. The number of aryl methyl sites for hydroxylation is 1. The maximum Gasteiger partial charge on any atom is 0.411 e. The summed E-state index contributed by atoms with van der Waals surface area (Å²) in [6.07, 6.45) is 2.32. The van der Waals surface area contributed by atoms with Crippen molar-refractivity contribution in [3.05, 3.63) is 72.2 Å². The van der Waals surface area contributed by atoms with Gasteiger partial charge in [-0.05, 0) is 48.4 Å². The predicted octanol–water partition coefficient (Wildman–Crippen LogP) is 3.53. The van der Waals surface area contributed by atoms with E-state index in [1.165, 1.54) is 4.90 Å². The second kappa shape index (κ2) is 8.38. The van der Waals surface area contributed by atoms with Crippen LogP contribution in [0.25, 0.3) is 5.57 Å². The smallest absolute Gasteiger partial charge is 0.377 e. The molecule has 2 aliphatic rings. The van der Waals surface area contributed by atoms with E-state index < -0.39 is 18.8 Å². The second-order valence-corrected chi connectivity index (χ2v) is 7.15. The summed E-state index contributed by atoms with van der Waals surface area (Å²) in [7, 11) is 0. The van der Waals surface area contributed by atoms with E-state index in [-0.39, 0.29) is 13.2 Å². The molecule has 10 heteroatoms. The molecule has 1 fully saturated rings. The molecule has 0 spiro atoms. The van der Waals surface area contributed by atoms with Gasteiger partial charge in [0.1, 0.15) is 29.3 Å². The number of morpholine rings is 1. The Bertz CT molecular complexity index is 1050. The molecule has 1 unspecified atom stereocenters. The summed E-state index contributed by atoms with van der Waals surface area (Å²) in [5.41, 5.74) is 1.99. The highest BCUT2D eigenvalue weighted by molar-refractivity contribution is 5.79. The molecule has 2 aromatic heterocycles. The molecule has 1 atom stereocenters. The van der Waals surface area contributed by atoms with Crippen molar-refractivity contribution in [3.8, 4) is 0 Å². The van der Waals surface area contributed by atoms with Crippen molar-refractivity contribution in [2.24, 2.45) is 0 Å². The van der Waals surface area contributed by atoms with E-state index in [1.807, 2.05) is 0 Å².